The largest absolute Gasteiger partial charge is 0.508 e. The van der Waals surface area contributed by atoms with Crippen molar-refractivity contribution in [1.29, 1.82) is 0 Å². The van der Waals surface area contributed by atoms with Gasteiger partial charge in [-0.1, -0.05) is 51.1 Å². The minimum absolute atomic E-state index is 0.0641. The third kappa shape index (κ3) is 7.18. The molecule has 1 atom stereocenters. The van der Waals surface area contributed by atoms with Crippen molar-refractivity contribution < 1.29 is 28.9 Å². The van der Waals surface area contributed by atoms with Crippen molar-refractivity contribution in [2.75, 3.05) is 0 Å². The maximum Gasteiger partial charge on any atom is 0.344 e. The van der Waals surface area contributed by atoms with Crippen molar-refractivity contribution in [3.8, 4) is 11.5 Å². The van der Waals surface area contributed by atoms with Gasteiger partial charge in [0.05, 0.1) is 0 Å². The number of hydrogen-bond acceptors (Lipinski definition) is 4. The van der Waals surface area contributed by atoms with Crippen LogP contribution >= 0.6 is 0 Å². The van der Waals surface area contributed by atoms with E-state index in [9.17, 15) is 19.1 Å². The molecule has 0 saturated heterocycles. The number of ether oxygens (including phenoxy) is 1. The number of aromatic hydroxyl groups is 1. The van der Waals surface area contributed by atoms with Crippen LogP contribution in [-0.2, 0) is 11.3 Å². The molecule has 1 unspecified atom stereocenters. The Labute approximate surface area is 210 Å². The zero-order valence-corrected chi connectivity index (χ0v) is 21.0. The Morgan fingerprint density at radius 1 is 1.17 bits per heavy atom. The molecule has 190 valence electrons. The number of hydrogen-bond donors (Lipinski definition) is 2. The van der Waals surface area contributed by atoms with Crippen LogP contribution in [0.1, 0.15) is 55.6 Å². The van der Waals surface area contributed by atoms with Crippen LogP contribution in [0.4, 0.5) is 4.39 Å². The van der Waals surface area contributed by atoms with Crippen molar-refractivity contribution in [3.63, 3.8) is 0 Å². The summed E-state index contributed by atoms with van der Waals surface area (Å²) >= 11 is 0. The molecule has 0 aliphatic heterocycles. The Morgan fingerprint density at radius 2 is 1.81 bits per heavy atom. The number of aliphatic carboxylic acids is 1. The van der Waals surface area contributed by atoms with E-state index in [0.29, 0.717) is 27.3 Å². The van der Waals surface area contributed by atoms with Gasteiger partial charge in [-0.3, -0.25) is 4.79 Å². The average molecular weight is 494 g/mol. The molecule has 3 aromatic rings. The van der Waals surface area contributed by atoms with Crippen molar-refractivity contribution in [2.45, 2.75) is 46.8 Å². The highest BCUT2D eigenvalue weighted by molar-refractivity contribution is 6.09. The van der Waals surface area contributed by atoms with Crippen LogP contribution in [0.25, 0.3) is 12.7 Å². The number of carboxylic acid groups (broad SMARTS) is 1. The molecular formula is C29H32FNO5. The minimum atomic E-state index is -1.21. The maximum atomic E-state index is 14.1. The van der Waals surface area contributed by atoms with Gasteiger partial charge in [-0.05, 0) is 55.8 Å². The van der Waals surface area contributed by atoms with Crippen molar-refractivity contribution in [2.24, 2.45) is 0 Å². The molecule has 36 heavy (non-hydrogen) atoms. The molecule has 2 aromatic carbocycles. The van der Waals surface area contributed by atoms with Crippen LogP contribution in [0.15, 0.2) is 60.8 Å². The van der Waals surface area contributed by atoms with Crippen LogP contribution < -0.4 is 15.3 Å². The molecule has 0 aliphatic rings. The van der Waals surface area contributed by atoms with Gasteiger partial charge in [-0.25, -0.2) is 9.18 Å². The van der Waals surface area contributed by atoms with Crippen molar-refractivity contribution in [3.05, 3.63) is 93.9 Å². The smallest absolute Gasteiger partial charge is 0.344 e. The van der Waals surface area contributed by atoms with E-state index in [0.717, 1.165) is 0 Å². The minimum Gasteiger partial charge on any atom is -0.508 e. The zero-order valence-electron chi connectivity index (χ0n) is 21.0. The summed E-state index contributed by atoms with van der Waals surface area (Å²) < 4.78 is 21.1. The molecule has 2 N–H and O–H groups in total. The molecule has 0 amide bonds. The van der Waals surface area contributed by atoms with Crippen molar-refractivity contribution in [1.82, 2.24) is 4.57 Å². The SMILES string of the molecule is C=c1/c(=C\C=C/C)c(C(=O)c2ccc(O)cc2)cn1Cc1ccc(F)c(OC(C)C(=O)O)c1.CCC. The summed E-state index contributed by atoms with van der Waals surface area (Å²) in [5.74, 6) is -2.20. The Kier molecular flexibility index (Phi) is 10.2. The van der Waals surface area contributed by atoms with Crippen LogP contribution in [0.5, 0.6) is 11.5 Å². The molecule has 6 nitrogen and oxygen atoms in total. The van der Waals surface area contributed by atoms with E-state index < -0.39 is 17.9 Å². The first-order valence-electron chi connectivity index (χ1n) is 11.7. The van der Waals surface area contributed by atoms with Gasteiger partial charge >= 0.3 is 5.97 Å². The number of phenolic OH excluding ortho intramolecular Hbond substituents is 1. The second kappa shape index (κ2) is 13.1. The Morgan fingerprint density at radius 3 is 2.39 bits per heavy atom. The molecule has 1 aromatic heterocycles. The first-order chi connectivity index (χ1) is 17.1. The predicted molar refractivity (Wildman–Crippen MR) is 139 cm³/mol. The fraction of sp³-hybridized carbons (Fsp3) is 0.241. The molecule has 7 heteroatoms. The van der Waals surface area contributed by atoms with Gasteiger partial charge in [0.15, 0.2) is 23.5 Å². The third-order valence-corrected chi connectivity index (χ3v) is 5.06. The highest BCUT2D eigenvalue weighted by atomic mass is 19.1. The van der Waals surface area contributed by atoms with E-state index >= 15 is 0 Å². The number of carboxylic acids is 1. The molecule has 0 spiro atoms. The van der Waals surface area contributed by atoms with E-state index in [2.05, 4.69) is 20.4 Å². The number of aromatic nitrogens is 1. The number of allylic oxidation sites excluding steroid dienone is 2. The highest BCUT2D eigenvalue weighted by Gasteiger charge is 2.17. The number of carbonyl (C=O) groups is 2. The van der Waals surface area contributed by atoms with Gasteiger partial charge in [-0.15, -0.1) is 0 Å². The van der Waals surface area contributed by atoms with E-state index in [4.69, 9.17) is 9.84 Å². The average Bonchev–Trinajstić information content (AvgIpc) is 3.15. The lowest BCUT2D eigenvalue weighted by molar-refractivity contribution is -0.144. The van der Waals surface area contributed by atoms with Gasteiger partial charge in [0.25, 0.3) is 0 Å². The quantitative estimate of drug-likeness (QED) is 0.446. The van der Waals surface area contributed by atoms with Crippen molar-refractivity contribution >= 4 is 24.4 Å². The van der Waals surface area contributed by atoms with E-state index in [1.165, 1.54) is 37.6 Å². The Balaban J connectivity index is 0.00000145. The molecule has 1 heterocycles. The number of nitrogens with zero attached hydrogens (tertiary/aromatic N) is 1. The van der Waals surface area contributed by atoms with Gasteiger partial charge in [0, 0.05) is 34.4 Å². The predicted octanol–water partition coefficient (Wildman–Crippen LogP) is 4.65. The highest BCUT2D eigenvalue weighted by Crippen LogP contribution is 2.21. The summed E-state index contributed by atoms with van der Waals surface area (Å²) in [6.45, 7) is 11.8. The summed E-state index contributed by atoms with van der Waals surface area (Å²) in [5.41, 5.74) is 1.49. The topological polar surface area (TPSA) is 88.8 Å². The Hall–Kier alpha value is -4.13. The number of phenols is 1. The number of rotatable bonds is 8. The number of benzene rings is 2. The lowest BCUT2D eigenvalue weighted by Gasteiger charge is -2.13. The first kappa shape index (κ1) is 28.1. The van der Waals surface area contributed by atoms with Gasteiger partial charge in [0.1, 0.15) is 5.75 Å². The monoisotopic (exact) mass is 493 g/mol. The molecule has 0 radical (unpaired) electrons. The Bertz CT molecular complexity index is 1340. The number of ketones is 1. The second-order valence-electron chi connectivity index (χ2n) is 8.17. The van der Waals surface area contributed by atoms with Gasteiger partial charge in [0.2, 0.25) is 0 Å². The summed E-state index contributed by atoms with van der Waals surface area (Å²) in [6.07, 6.45) is 7.15. The molecule has 0 bridgehead atoms. The second-order valence-corrected chi connectivity index (χ2v) is 8.17. The van der Waals surface area contributed by atoms with E-state index in [-0.39, 0.29) is 23.8 Å². The van der Waals surface area contributed by atoms with Crippen LogP contribution in [-0.4, -0.2) is 32.6 Å². The molecule has 0 saturated carbocycles. The zero-order chi connectivity index (χ0) is 26.8. The normalized spacial score (nSPS) is 12.2. The fourth-order valence-electron chi connectivity index (χ4n) is 3.26. The molecule has 3 rings (SSSR count). The fourth-order valence-corrected chi connectivity index (χ4v) is 3.26. The molecule has 0 fully saturated rings. The third-order valence-electron chi connectivity index (χ3n) is 5.06. The van der Waals surface area contributed by atoms with E-state index in [1.54, 1.807) is 41.1 Å². The number of carbonyl (C=O) groups excluding carboxylic acids is 1. The first-order valence-corrected chi connectivity index (χ1v) is 11.7. The maximum absolute atomic E-state index is 14.1. The van der Waals surface area contributed by atoms with Crippen LogP contribution in [0, 0.1) is 5.82 Å². The van der Waals surface area contributed by atoms with E-state index in [1.807, 2.05) is 13.0 Å². The summed E-state index contributed by atoms with van der Waals surface area (Å²) in [5, 5.41) is 19.8. The van der Waals surface area contributed by atoms with Crippen LogP contribution in [0.2, 0.25) is 0 Å². The molecule has 0 aliphatic carbocycles. The molecular weight excluding hydrogens is 461 g/mol. The standard InChI is InChI=1S/C26H24FNO5.C3H8/c1-4-5-6-21-16(2)28(15-22(21)25(30)19-8-10-20(29)11-9-19)14-18-7-12-23(27)24(13-18)33-17(3)26(31)32;1-3-2/h4-13,15,17,29H,2,14H2,1,3H3,(H,31,32);3H2,1-2H3/b5-4-,21-6+;. The van der Waals surface area contributed by atoms with Gasteiger partial charge < -0.3 is 19.5 Å². The number of halogens is 1. The summed E-state index contributed by atoms with van der Waals surface area (Å²) in [6, 6.07) is 10.2. The summed E-state index contributed by atoms with van der Waals surface area (Å²) in [4.78, 5) is 24.2. The van der Waals surface area contributed by atoms with Gasteiger partial charge in [-0.2, -0.15) is 0 Å². The summed E-state index contributed by atoms with van der Waals surface area (Å²) in [7, 11) is 0. The lowest BCUT2D eigenvalue weighted by atomic mass is 10.0. The lowest BCUT2D eigenvalue weighted by Crippen LogP contribution is -2.30. The van der Waals surface area contributed by atoms with Crippen LogP contribution in [0.3, 0.4) is 0 Å².